The van der Waals surface area contributed by atoms with Gasteiger partial charge in [-0.2, -0.15) is 0 Å². The second-order valence-electron chi connectivity index (χ2n) is 19.2. The van der Waals surface area contributed by atoms with E-state index in [1.54, 1.807) is 39.8 Å². The Morgan fingerprint density at radius 2 is 1.70 bits per heavy atom. The van der Waals surface area contributed by atoms with Gasteiger partial charge in [-0.1, -0.05) is 50.2 Å². The van der Waals surface area contributed by atoms with Gasteiger partial charge in [0.25, 0.3) is 5.69 Å². The van der Waals surface area contributed by atoms with Crippen LogP contribution in [0.4, 0.5) is 5.69 Å². The van der Waals surface area contributed by atoms with Crippen molar-refractivity contribution in [1.82, 2.24) is 24.8 Å². The quantitative estimate of drug-likeness (QED) is 0.0624. The van der Waals surface area contributed by atoms with Gasteiger partial charge in [0.2, 0.25) is 0 Å². The van der Waals surface area contributed by atoms with Gasteiger partial charge in [-0.05, 0) is 92.9 Å². The second-order valence-corrected chi connectivity index (χ2v) is 19.2. The largest absolute Gasteiger partial charge is 0.459 e. The lowest BCUT2D eigenvalue weighted by molar-refractivity contribution is -0.384. The lowest BCUT2D eigenvalue weighted by Crippen LogP contribution is -2.60. The minimum Gasteiger partial charge on any atom is -0.459 e. The van der Waals surface area contributed by atoms with Crippen LogP contribution in [0.15, 0.2) is 35.6 Å². The van der Waals surface area contributed by atoms with Crippen molar-refractivity contribution in [3.63, 3.8) is 0 Å². The molecule has 19 nitrogen and oxygen atoms in total. The fraction of sp³-hybridized carbons (Fsp3) is 0.766. The maximum Gasteiger partial charge on any atom is 0.316 e. The number of nitro groups is 1. The van der Waals surface area contributed by atoms with E-state index in [4.69, 9.17) is 23.8 Å². The third kappa shape index (κ3) is 14.1. The minimum absolute atomic E-state index is 0.0765. The molecule has 1 aromatic carbocycles. The summed E-state index contributed by atoms with van der Waals surface area (Å²) in [7, 11) is 7.25. The zero-order valence-corrected chi connectivity index (χ0v) is 41.2. The first kappa shape index (κ1) is 54.7. The molecule has 2 aliphatic heterocycles. The lowest BCUT2D eigenvalue weighted by atomic mass is 9.74. The smallest absolute Gasteiger partial charge is 0.316 e. The minimum atomic E-state index is -1.92. The van der Waals surface area contributed by atoms with E-state index >= 15 is 0 Å². The summed E-state index contributed by atoms with van der Waals surface area (Å²) in [5.74, 6) is -4.86. The van der Waals surface area contributed by atoms with E-state index < -0.39 is 88.3 Å². The van der Waals surface area contributed by atoms with Crippen LogP contribution in [0.1, 0.15) is 98.8 Å². The van der Waals surface area contributed by atoms with Crippen LogP contribution in [-0.2, 0) is 52.8 Å². The molecule has 2 aromatic rings. The van der Waals surface area contributed by atoms with Gasteiger partial charge >= 0.3 is 5.97 Å². The molecule has 4 rings (SSSR count). The number of carbonyl (C=O) groups is 2. The summed E-state index contributed by atoms with van der Waals surface area (Å²) in [5, 5.41) is 59.8. The average Bonchev–Trinajstić information content (AvgIpc) is 3.74. The number of likely N-dealkylation sites (N-methyl/N-ethyl adjacent to an activating group) is 2. The number of carbonyl (C=O) groups excluding carboxylic acids is 2. The number of methoxy groups -OCH3 is 1. The van der Waals surface area contributed by atoms with Crippen LogP contribution < -0.4 is 0 Å². The summed E-state index contributed by atoms with van der Waals surface area (Å²) in [4.78, 5) is 48.4. The average molecular weight is 932 g/mol. The Labute approximate surface area is 390 Å². The Hall–Kier alpha value is -3.95. The molecule has 0 bridgehead atoms. The number of nitrogens with zero attached hydrogens (tertiary/aromatic N) is 7. The number of non-ortho nitro benzene ring substituents is 1. The standard InChI is InChI=1S/C47H77N7O12/c1-13-38-47(8,59)42(57)31(4)39(49-63-25-24-51(9)10)29(2)27-46(7,62-12)43(32(5)40(55)33(6)44(58)65-38)66-45-41(56)37(26-30(3)64-45)52(11)23-21-35-28-53(50-48-35)22-15-14-16-34-17-19-36(20-18-34)54(60)61/h17-20,28-33,37-38,41-43,45,56-57,59H,13-16,21-27H2,1-12H3/t29-,30-,31+,32+,33-,37+,38-,41-,42-,43-,45+,46-,47-/m1/s1. The van der Waals surface area contributed by atoms with Crippen LogP contribution in [0.3, 0.4) is 0 Å². The molecule has 3 heterocycles. The highest BCUT2D eigenvalue weighted by Crippen LogP contribution is 2.39. The van der Waals surface area contributed by atoms with E-state index in [9.17, 15) is 35.0 Å². The molecule has 2 aliphatic rings. The molecule has 1 aromatic heterocycles. The first-order valence-corrected chi connectivity index (χ1v) is 23.4. The summed E-state index contributed by atoms with van der Waals surface area (Å²) in [6.07, 6.45) is -0.502. The number of cyclic esters (lactones) is 1. The monoisotopic (exact) mass is 932 g/mol. The maximum atomic E-state index is 14.4. The first-order chi connectivity index (χ1) is 31.0. The maximum absolute atomic E-state index is 14.4. The van der Waals surface area contributed by atoms with E-state index in [1.165, 1.54) is 33.1 Å². The summed E-state index contributed by atoms with van der Waals surface area (Å²) >= 11 is 0. The molecular weight excluding hydrogens is 855 g/mol. The number of unbranched alkanes of at least 4 members (excludes halogenated alkanes) is 1. The number of oxime groups is 1. The van der Waals surface area contributed by atoms with Crippen LogP contribution in [0.25, 0.3) is 0 Å². The van der Waals surface area contributed by atoms with Crippen LogP contribution in [-0.4, -0.2) is 165 Å². The zero-order valence-electron chi connectivity index (χ0n) is 41.2. The molecule has 372 valence electrons. The number of esters is 1. The molecule has 13 atom stereocenters. The molecule has 19 heteroatoms. The molecule has 3 N–H and O–H groups in total. The molecule has 0 unspecified atom stereocenters. The summed E-state index contributed by atoms with van der Waals surface area (Å²) in [5.41, 5.74) is -0.847. The van der Waals surface area contributed by atoms with Gasteiger partial charge in [-0.15, -0.1) is 5.10 Å². The number of aliphatic hydroxyl groups excluding tert-OH is 2. The number of hydrogen-bond acceptors (Lipinski definition) is 17. The van der Waals surface area contributed by atoms with Crippen LogP contribution in [0.5, 0.6) is 0 Å². The van der Waals surface area contributed by atoms with Crippen molar-refractivity contribution in [2.24, 2.45) is 28.8 Å². The fourth-order valence-corrected chi connectivity index (χ4v) is 9.29. The number of hydrogen-bond donors (Lipinski definition) is 3. The topological polar surface area (TPSA) is 234 Å². The van der Waals surface area contributed by atoms with Gasteiger partial charge < -0.3 is 48.9 Å². The van der Waals surface area contributed by atoms with Crippen molar-refractivity contribution in [3.8, 4) is 0 Å². The van der Waals surface area contributed by atoms with Crippen molar-refractivity contribution in [2.45, 2.75) is 161 Å². The van der Waals surface area contributed by atoms with Crippen molar-refractivity contribution < 1.29 is 53.6 Å². The number of rotatable bonds is 18. The number of ether oxygens (including phenoxy) is 4. The van der Waals surface area contributed by atoms with Gasteiger partial charge in [-0.25, -0.2) is 0 Å². The van der Waals surface area contributed by atoms with Gasteiger partial charge in [0.1, 0.15) is 30.3 Å². The SMILES string of the molecule is CC[C@H]1OC(=O)[C@H](C)C(=O)[C@H](C)[C@@H](O[C@@H]2O[C@H](C)C[C@H](N(C)CCc3cn(CCCCc4ccc([N+](=O)[O-])cc4)nn3)[C@H]2O)[C@](C)(OC)C[C@@H](C)C(=NOCCN(C)C)[C@H](C)[C@@H](O)[C@]1(C)O. The Balaban J connectivity index is 1.54. The van der Waals surface area contributed by atoms with E-state index in [-0.39, 0.29) is 31.2 Å². The zero-order chi connectivity index (χ0) is 49.1. The second kappa shape index (κ2) is 24.4. The van der Waals surface area contributed by atoms with Crippen LogP contribution in [0.2, 0.25) is 0 Å². The lowest BCUT2D eigenvalue weighted by Gasteiger charge is -2.47. The number of nitro benzene ring substituents is 1. The highest BCUT2D eigenvalue weighted by Gasteiger charge is 2.52. The molecule has 2 saturated heterocycles. The highest BCUT2D eigenvalue weighted by molar-refractivity contribution is 6.00. The fourth-order valence-electron chi connectivity index (χ4n) is 9.29. The third-order valence-corrected chi connectivity index (χ3v) is 13.6. The van der Waals surface area contributed by atoms with E-state index in [1.807, 2.05) is 55.7 Å². The normalized spacial score (nSPS) is 33.5. The Kier molecular flexibility index (Phi) is 20.2. The summed E-state index contributed by atoms with van der Waals surface area (Å²) in [6, 6.07) is 6.21. The van der Waals surface area contributed by atoms with Crippen LogP contribution >= 0.6 is 0 Å². The number of aliphatic hydroxyl groups is 3. The molecule has 2 fully saturated rings. The predicted octanol–water partition coefficient (Wildman–Crippen LogP) is 4.22. The number of ketones is 1. The van der Waals surface area contributed by atoms with Crippen LogP contribution in [0, 0.1) is 33.8 Å². The molecule has 0 amide bonds. The summed E-state index contributed by atoms with van der Waals surface area (Å²) < 4.78 is 27.0. The number of aryl methyl sites for hydroxylation is 2. The van der Waals surface area contributed by atoms with E-state index in [0.29, 0.717) is 38.2 Å². The van der Waals surface area contributed by atoms with Gasteiger partial charge in [0.15, 0.2) is 12.1 Å². The third-order valence-electron chi connectivity index (χ3n) is 13.6. The summed E-state index contributed by atoms with van der Waals surface area (Å²) in [6.45, 7) is 15.7. The molecule has 0 aliphatic carbocycles. The Morgan fingerprint density at radius 3 is 2.32 bits per heavy atom. The van der Waals surface area contributed by atoms with Crippen molar-refractivity contribution >= 4 is 23.2 Å². The van der Waals surface area contributed by atoms with Crippen molar-refractivity contribution in [2.75, 3.05) is 47.9 Å². The van der Waals surface area contributed by atoms with Gasteiger partial charge in [0.05, 0.1) is 40.2 Å². The Morgan fingerprint density at radius 1 is 1.02 bits per heavy atom. The molecule has 0 saturated carbocycles. The molecule has 0 spiro atoms. The predicted molar refractivity (Wildman–Crippen MR) is 246 cm³/mol. The van der Waals surface area contributed by atoms with Crippen molar-refractivity contribution in [1.29, 1.82) is 0 Å². The highest BCUT2D eigenvalue weighted by atomic mass is 16.7. The van der Waals surface area contributed by atoms with Crippen molar-refractivity contribution in [3.05, 3.63) is 51.8 Å². The molecule has 66 heavy (non-hydrogen) atoms. The number of Topliss-reactive ketones (excluding diaryl/α,β-unsaturated/α-hetero) is 1. The Bertz CT molecular complexity index is 1900. The van der Waals surface area contributed by atoms with E-state index in [2.05, 4.69) is 15.5 Å². The number of aromatic nitrogens is 3. The van der Waals surface area contributed by atoms with E-state index in [0.717, 1.165) is 30.5 Å². The van der Waals surface area contributed by atoms with Gasteiger partial charge in [-0.3, -0.25) is 24.4 Å². The molecular formula is C47H77N7O12. The van der Waals surface area contributed by atoms with Gasteiger partial charge in [0, 0.05) is 75.3 Å². The first-order valence-electron chi connectivity index (χ1n) is 23.4. The number of benzene rings is 1. The molecule has 0 radical (unpaired) electrons.